The van der Waals surface area contributed by atoms with E-state index in [2.05, 4.69) is 6.07 Å². The van der Waals surface area contributed by atoms with Crippen LogP contribution in [0.15, 0.2) is 95.1 Å². The molecule has 0 bridgehead atoms. The van der Waals surface area contributed by atoms with E-state index < -0.39 is 17.7 Å². The van der Waals surface area contributed by atoms with Crippen molar-refractivity contribution in [2.24, 2.45) is 0 Å². The Kier molecular flexibility index (Phi) is 8.10. The summed E-state index contributed by atoms with van der Waals surface area (Å²) in [5.74, 6) is 0.282. The van der Waals surface area contributed by atoms with Crippen molar-refractivity contribution in [2.75, 3.05) is 13.7 Å². The number of aryl methyl sites for hydroxylation is 1. The number of methoxy groups -OCH3 is 1. The van der Waals surface area contributed by atoms with Crippen molar-refractivity contribution in [3.05, 3.63) is 119 Å². The van der Waals surface area contributed by atoms with Gasteiger partial charge in [-0.25, -0.2) is 0 Å². The van der Waals surface area contributed by atoms with Gasteiger partial charge in [-0.15, -0.1) is 0 Å². The molecule has 0 aliphatic carbocycles. The van der Waals surface area contributed by atoms with E-state index in [0.717, 1.165) is 11.1 Å². The van der Waals surface area contributed by atoms with Crippen molar-refractivity contribution >= 4 is 17.4 Å². The molecule has 1 saturated heterocycles. The molecule has 0 radical (unpaired) electrons. The summed E-state index contributed by atoms with van der Waals surface area (Å²) >= 11 is 0. The van der Waals surface area contributed by atoms with E-state index >= 15 is 0 Å². The van der Waals surface area contributed by atoms with Gasteiger partial charge in [-0.3, -0.25) is 9.59 Å². The summed E-state index contributed by atoms with van der Waals surface area (Å²) in [5, 5.41) is 11.4. The lowest BCUT2D eigenvalue weighted by Gasteiger charge is -2.25. The first kappa shape index (κ1) is 27.6. The number of hydrogen-bond donors (Lipinski definition) is 1. The fraction of sp³-hybridized carbons (Fsp3) is 0.212. The highest BCUT2D eigenvalue weighted by atomic mass is 16.5. The van der Waals surface area contributed by atoms with Crippen LogP contribution >= 0.6 is 0 Å². The average Bonchev–Trinajstić information content (AvgIpc) is 3.59. The van der Waals surface area contributed by atoms with Crippen LogP contribution in [0.4, 0.5) is 0 Å². The minimum absolute atomic E-state index is 0.0267. The predicted octanol–water partition coefficient (Wildman–Crippen LogP) is 6.20. The average molecular weight is 554 g/mol. The zero-order valence-electron chi connectivity index (χ0n) is 23.1. The van der Waals surface area contributed by atoms with E-state index in [9.17, 15) is 14.7 Å². The molecule has 0 spiro atoms. The van der Waals surface area contributed by atoms with Crippen LogP contribution < -0.4 is 14.2 Å². The second-order valence-corrected chi connectivity index (χ2v) is 9.65. The van der Waals surface area contributed by atoms with Crippen LogP contribution in [-0.4, -0.2) is 35.4 Å². The number of furan rings is 1. The number of aliphatic hydroxyl groups is 1. The Morgan fingerprint density at radius 1 is 0.951 bits per heavy atom. The summed E-state index contributed by atoms with van der Waals surface area (Å²) in [6.07, 6.45) is 1.50. The second-order valence-electron chi connectivity index (χ2n) is 9.65. The molecule has 1 amide bonds. The number of nitrogens with zero attached hydrogens (tertiary/aromatic N) is 1. The van der Waals surface area contributed by atoms with E-state index in [4.69, 9.17) is 18.6 Å². The molecule has 1 fully saturated rings. The summed E-state index contributed by atoms with van der Waals surface area (Å²) in [7, 11) is 1.52. The molecule has 2 heterocycles. The topological polar surface area (TPSA) is 98.4 Å². The van der Waals surface area contributed by atoms with Gasteiger partial charge in [0, 0.05) is 5.56 Å². The van der Waals surface area contributed by atoms with Gasteiger partial charge >= 0.3 is 0 Å². The van der Waals surface area contributed by atoms with Crippen molar-refractivity contribution in [3.63, 3.8) is 0 Å². The number of ketones is 1. The molecule has 8 heteroatoms. The lowest BCUT2D eigenvalue weighted by atomic mass is 9.95. The highest BCUT2D eigenvalue weighted by Gasteiger charge is 2.46. The molecule has 1 N–H and O–H groups in total. The van der Waals surface area contributed by atoms with E-state index in [-0.39, 0.29) is 17.9 Å². The highest BCUT2D eigenvalue weighted by molar-refractivity contribution is 6.46. The molecule has 41 heavy (non-hydrogen) atoms. The van der Waals surface area contributed by atoms with Gasteiger partial charge in [-0.1, -0.05) is 35.9 Å². The van der Waals surface area contributed by atoms with Gasteiger partial charge in [0.2, 0.25) is 0 Å². The molecule has 1 unspecified atom stereocenters. The van der Waals surface area contributed by atoms with Crippen molar-refractivity contribution in [1.82, 2.24) is 4.90 Å². The van der Waals surface area contributed by atoms with Crippen LogP contribution in [0.1, 0.15) is 41.0 Å². The standard InChI is InChI=1S/C33H31NO7/c1-4-39-27-15-12-24(18-28(27)38-3)30-29(32(36)33(37)34(30)19-26-9-6-16-40-26)31(35)23-10-13-25(14-11-23)41-20-22-8-5-7-21(2)17-22/h5-18,30,35H,4,19-20H2,1-3H3/b31-29+. The number of aliphatic hydroxyl groups excluding tert-OH is 1. The number of Topliss-reactive ketones (excluding diaryl/α,β-unsaturated/α-hetero) is 1. The van der Waals surface area contributed by atoms with E-state index in [1.807, 2.05) is 32.0 Å². The van der Waals surface area contributed by atoms with Crippen LogP contribution in [0.3, 0.4) is 0 Å². The normalized spacial score (nSPS) is 16.2. The van der Waals surface area contributed by atoms with Gasteiger partial charge in [0.25, 0.3) is 11.7 Å². The molecule has 1 aliphatic rings. The minimum Gasteiger partial charge on any atom is -0.507 e. The van der Waals surface area contributed by atoms with Crippen LogP contribution in [0.5, 0.6) is 17.2 Å². The number of likely N-dealkylation sites (tertiary alicyclic amines) is 1. The molecular formula is C33H31NO7. The Labute approximate surface area is 238 Å². The Balaban J connectivity index is 1.50. The quantitative estimate of drug-likeness (QED) is 0.142. The summed E-state index contributed by atoms with van der Waals surface area (Å²) in [6.45, 7) is 4.77. The molecule has 1 atom stereocenters. The smallest absolute Gasteiger partial charge is 0.296 e. The Morgan fingerprint density at radius 2 is 1.76 bits per heavy atom. The molecule has 4 aromatic rings. The van der Waals surface area contributed by atoms with E-state index in [0.29, 0.717) is 47.3 Å². The summed E-state index contributed by atoms with van der Waals surface area (Å²) in [5.41, 5.74) is 3.12. The summed E-state index contributed by atoms with van der Waals surface area (Å²) in [6, 6.07) is 22.6. The van der Waals surface area contributed by atoms with Crippen LogP contribution in [-0.2, 0) is 22.7 Å². The first-order chi connectivity index (χ1) is 19.9. The van der Waals surface area contributed by atoms with Gasteiger partial charge < -0.3 is 28.6 Å². The number of benzene rings is 3. The maximum atomic E-state index is 13.4. The van der Waals surface area contributed by atoms with Crippen LogP contribution in [0.25, 0.3) is 5.76 Å². The van der Waals surface area contributed by atoms with Gasteiger partial charge in [-0.2, -0.15) is 0 Å². The maximum absolute atomic E-state index is 13.4. The van der Waals surface area contributed by atoms with Crippen LogP contribution in [0.2, 0.25) is 0 Å². The fourth-order valence-corrected chi connectivity index (χ4v) is 4.92. The third-order valence-electron chi connectivity index (χ3n) is 6.87. The monoisotopic (exact) mass is 553 g/mol. The van der Waals surface area contributed by atoms with Crippen molar-refractivity contribution in [3.8, 4) is 17.2 Å². The molecule has 1 aromatic heterocycles. The Morgan fingerprint density at radius 3 is 2.44 bits per heavy atom. The lowest BCUT2D eigenvalue weighted by Crippen LogP contribution is -2.29. The minimum atomic E-state index is -0.887. The third-order valence-corrected chi connectivity index (χ3v) is 6.87. The van der Waals surface area contributed by atoms with Gasteiger partial charge in [0.05, 0.1) is 38.1 Å². The van der Waals surface area contributed by atoms with Gasteiger partial charge in [0.15, 0.2) is 11.5 Å². The Bertz CT molecular complexity index is 1570. The van der Waals surface area contributed by atoms with Crippen molar-refractivity contribution in [1.29, 1.82) is 0 Å². The third kappa shape index (κ3) is 5.82. The molecule has 210 valence electrons. The zero-order valence-corrected chi connectivity index (χ0v) is 23.1. The number of carbonyl (C=O) groups is 2. The fourth-order valence-electron chi connectivity index (χ4n) is 4.92. The number of carbonyl (C=O) groups excluding carboxylic acids is 2. The van der Waals surface area contributed by atoms with Gasteiger partial charge in [-0.05, 0) is 73.5 Å². The van der Waals surface area contributed by atoms with Gasteiger partial charge in [0.1, 0.15) is 23.9 Å². The molecule has 0 saturated carbocycles. The maximum Gasteiger partial charge on any atom is 0.296 e. The first-order valence-corrected chi connectivity index (χ1v) is 13.3. The molecule has 1 aliphatic heterocycles. The summed E-state index contributed by atoms with van der Waals surface area (Å²) < 4.78 is 22.5. The molecule has 5 rings (SSSR count). The SMILES string of the molecule is CCOc1ccc(C2/C(=C(\O)c3ccc(OCc4cccc(C)c4)cc3)C(=O)C(=O)N2Cc2ccco2)cc1OC. The summed E-state index contributed by atoms with van der Waals surface area (Å²) in [4.78, 5) is 28.1. The molecule has 8 nitrogen and oxygen atoms in total. The number of hydrogen-bond acceptors (Lipinski definition) is 7. The van der Waals surface area contributed by atoms with E-state index in [1.165, 1.54) is 18.3 Å². The number of rotatable bonds is 10. The van der Waals surface area contributed by atoms with Crippen molar-refractivity contribution in [2.45, 2.75) is 33.0 Å². The first-order valence-electron chi connectivity index (χ1n) is 13.3. The predicted molar refractivity (Wildman–Crippen MR) is 153 cm³/mol. The highest BCUT2D eigenvalue weighted by Crippen LogP contribution is 2.42. The molecular weight excluding hydrogens is 522 g/mol. The number of ether oxygens (including phenoxy) is 3. The lowest BCUT2D eigenvalue weighted by molar-refractivity contribution is -0.140. The zero-order chi connectivity index (χ0) is 28.9. The Hall–Kier alpha value is -4.98. The second kappa shape index (κ2) is 12.0. The number of amides is 1. The van der Waals surface area contributed by atoms with Crippen molar-refractivity contribution < 1.29 is 33.3 Å². The van der Waals surface area contributed by atoms with Crippen LogP contribution in [0, 0.1) is 6.92 Å². The van der Waals surface area contributed by atoms with E-state index in [1.54, 1.807) is 54.6 Å². The molecule has 3 aromatic carbocycles. The largest absolute Gasteiger partial charge is 0.507 e.